The number of halogens is 2. The standard InChI is InChI=1S/C12H17ClFN/c1-8(2)6-12(15-3)10-7-9(13)4-5-11(10)14/h4-5,7-8,12,15H,6H2,1-3H3. The van der Waals surface area contributed by atoms with E-state index in [1.165, 1.54) is 6.07 Å². The summed E-state index contributed by atoms with van der Waals surface area (Å²) in [5, 5.41) is 3.70. The van der Waals surface area contributed by atoms with E-state index in [4.69, 9.17) is 11.6 Å². The van der Waals surface area contributed by atoms with E-state index in [2.05, 4.69) is 19.2 Å². The topological polar surface area (TPSA) is 12.0 Å². The molecule has 0 heterocycles. The normalized spacial score (nSPS) is 13.2. The second-order valence-corrected chi connectivity index (χ2v) is 4.57. The highest BCUT2D eigenvalue weighted by Gasteiger charge is 2.15. The van der Waals surface area contributed by atoms with Gasteiger partial charge in [-0.25, -0.2) is 4.39 Å². The van der Waals surface area contributed by atoms with Crippen LogP contribution in [0.3, 0.4) is 0 Å². The van der Waals surface area contributed by atoms with Crippen LogP contribution in [0.5, 0.6) is 0 Å². The Kier molecular flexibility index (Phi) is 4.55. The molecule has 1 unspecified atom stereocenters. The molecule has 84 valence electrons. The van der Waals surface area contributed by atoms with Gasteiger partial charge in [0.25, 0.3) is 0 Å². The van der Waals surface area contributed by atoms with Crippen LogP contribution in [-0.4, -0.2) is 7.05 Å². The number of hydrogen-bond donors (Lipinski definition) is 1. The van der Waals surface area contributed by atoms with Crippen molar-refractivity contribution in [3.63, 3.8) is 0 Å². The van der Waals surface area contributed by atoms with Gasteiger partial charge in [0.15, 0.2) is 0 Å². The number of rotatable bonds is 4. The zero-order valence-electron chi connectivity index (χ0n) is 9.35. The lowest BCUT2D eigenvalue weighted by Gasteiger charge is -2.19. The average molecular weight is 230 g/mol. The highest BCUT2D eigenvalue weighted by Crippen LogP contribution is 2.25. The summed E-state index contributed by atoms with van der Waals surface area (Å²) in [5.74, 6) is 0.320. The molecule has 0 aromatic heterocycles. The first-order valence-electron chi connectivity index (χ1n) is 5.16. The van der Waals surface area contributed by atoms with E-state index in [0.29, 0.717) is 16.5 Å². The van der Waals surface area contributed by atoms with Crippen LogP contribution in [0.4, 0.5) is 4.39 Å². The van der Waals surface area contributed by atoms with Crippen LogP contribution in [0.2, 0.25) is 5.02 Å². The predicted octanol–water partition coefficient (Wildman–Crippen LogP) is 3.79. The largest absolute Gasteiger partial charge is 0.313 e. The quantitative estimate of drug-likeness (QED) is 0.829. The zero-order valence-corrected chi connectivity index (χ0v) is 10.1. The molecule has 3 heteroatoms. The Hall–Kier alpha value is -0.600. The van der Waals surface area contributed by atoms with Crippen molar-refractivity contribution in [3.8, 4) is 0 Å². The molecule has 0 aliphatic rings. The summed E-state index contributed by atoms with van der Waals surface area (Å²) >= 11 is 5.86. The van der Waals surface area contributed by atoms with E-state index in [0.717, 1.165) is 6.42 Å². The van der Waals surface area contributed by atoms with E-state index >= 15 is 0 Å². The Bertz CT molecular complexity index is 325. The Balaban J connectivity index is 2.95. The highest BCUT2D eigenvalue weighted by molar-refractivity contribution is 6.30. The van der Waals surface area contributed by atoms with Crippen molar-refractivity contribution in [3.05, 3.63) is 34.6 Å². The third-order valence-corrected chi connectivity index (χ3v) is 2.62. The Morgan fingerprint density at radius 2 is 2.07 bits per heavy atom. The Morgan fingerprint density at radius 1 is 1.40 bits per heavy atom. The number of hydrogen-bond acceptors (Lipinski definition) is 1. The van der Waals surface area contributed by atoms with Crippen molar-refractivity contribution in [2.24, 2.45) is 5.92 Å². The lowest BCUT2D eigenvalue weighted by Crippen LogP contribution is -2.19. The second kappa shape index (κ2) is 5.47. The third-order valence-electron chi connectivity index (χ3n) is 2.39. The van der Waals surface area contributed by atoms with Gasteiger partial charge in [-0.15, -0.1) is 0 Å². The molecule has 1 nitrogen and oxygen atoms in total. The first-order chi connectivity index (χ1) is 7.04. The maximum Gasteiger partial charge on any atom is 0.128 e. The second-order valence-electron chi connectivity index (χ2n) is 4.14. The van der Waals surface area contributed by atoms with Gasteiger partial charge in [-0.3, -0.25) is 0 Å². The molecule has 0 saturated heterocycles. The van der Waals surface area contributed by atoms with Gasteiger partial charge < -0.3 is 5.32 Å². The summed E-state index contributed by atoms with van der Waals surface area (Å²) in [5.41, 5.74) is 0.652. The fourth-order valence-electron chi connectivity index (χ4n) is 1.65. The molecule has 1 atom stereocenters. The van der Waals surface area contributed by atoms with Crippen molar-refractivity contribution in [2.75, 3.05) is 7.05 Å². The SMILES string of the molecule is CNC(CC(C)C)c1cc(Cl)ccc1F. The molecule has 0 saturated carbocycles. The first-order valence-corrected chi connectivity index (χ1v) is 5.54. The van der Waals surface area contributed by atoms with Gasteiger partial charge >= 0.3 is 0 Å². The Morgan fingerprint density at radius 3 is 2.60 bits per heavy atom. The van der Waals surface area contributed by atoms with E-state index < -0.39 is 0 Å². The fraction of sp³-hybridized carbons (Fsp3) is 0.500. The van der Waals surface area contributed by atoms with Crippen molar-refractivity contribution < 1.29 is 4.39 Å². The molecule has 0 fully saturated rings. The van der Waals surface area contributed by atoms with E-state index in [9.17, 15) is 4.39 Å². The summed E-state index contributed by atoms with van der Waals surface area (Å²) in [6.07, 6.45) is 0.897. The average Bonchev–Trinajstić information content (AvgIpc) is 2.18. The highest BCUT2D eigenvalue weighted by atomic mass is 35.5. The van der Waals surface area contributed by atoms with E-state index in [1.807, 2.05) is 7.05 Å². The molecule has 0 spiro atoms. The Labute approximate surface area is 95.6 Å². The number of nitrogens with one attached hydrogen (secondary N) is 1. The van der Waals surface area contributed by atoms with Crippen LogP contribution in [-0.2, 0) is 0 Å². The van der Waals surface area contributed by atoms with Gasteiger partial charge in [0.05, 0.1) is 0 Å². The molecule has 0 bridgehead atoms. The molecular weight excluding hydrogens is 213 g/mol. The molecule has 0 aliphatic carbocycles. The molecule has 1 rings (SSSR count). The predicted molar refractivity (Wildman–Crippen MR) is 62.7 cm³/mol. The number of benzene rings is 1. The fourth-order valence-corrected chi connectivity index (χ4v) is 1.83. The summed E-state index contributed by atoms with van der Waals surface area (Å²) in [6, 6.07) is 4.72. The maximum atomic E-state index is 13.6. The van der Waals surface area contributed by atoms with Crippen LogP contribution in [0, 0.1) is 11.7 Å². The van der Waals surface area contributed by atoms with Crippen molar-refractivity contribution in [2.45, 2.75) is 26.3 Å². The summed E-state index contributed by atoms with van der Waals surface area (Å²) in [4.78, 5) is 0. The van der Waals surface area contributed by atoms with Gasteiger partial charge in [-0.05, 0) is 37.6 Å². The molecule has 0 radical (unpaired) electrons. The molecule has 0 aliphatic heterocycles. The van der Waals surface area contributed by atoms with Gasteiger partial charge in [0, 0.05) is 16.6 Å². The molecule has 1 N–H and O–H groups in total. The molecular formula is C12H17ClFN. The zero-order chi connectivity index (χ0) is 11.4. The van der Waals surface area contributed by atoms with Crippen LogP contribution in [0.25, 0.3) is 0 Å². The maximum absolute atomic E-state index is 13.6. The van der Waals surface area contributed by atoms with Crippen LogP contribution in [0.1, 0.15) is 31.9 Å². The van der Waals surface area contributed by atoms with Crippen molar-refractivity contribution in [1.29, 1.82) is 0 Å². The third kappa shape index (κ3) is 3.47. The monoisotopic (exact) mass is 229 g/mol. The smallest absolute Gasteiger partial charge is 0.128 e. The lowest BCUT2D eigenvalue weighted by molar-refractivity contribution is 0.440. The molecule has 0 amide bonds. The van der Waals surface area contributed by atoms with Gasteiger partial charge in [0.1, 0.15) is 5.82 Å². The molecule has 15 heavy (non-hydrogen) atoms. The van der Waals surface area contributed by atoms with Crippen LogP contribution >= 0.6 is 11.6 Å². The minimum absolute atomic E-state index is 0.0312. The van der Waals surface area contributed by atoms with Crippen molar-refractivity contribution >= 4 is 11.6 Å². The van der Waals surface area contributed by atoms with Crippen LogP contribution in [0.15, 0.2) is 18.2 Å². The summed E-state index contributed by atoms with van der Waals surface area (Å²) < 4.78 is 13.6. The first kappa shape index (κ1) is 12.5. The molecule has 1 aromatic carbocycles. The summed E-state index contributed by atoms with van der Waals surface area (Å²) in [7, 11) is 1.84. The van der Waals surface area contributed by atoms with Gasteiger partial charge in [-0.2, -0.15) is 0 Å². The van der Waals surface area contributed by atoms with Crippen LogP contribution < -0.4 is 5.32 Å². The molecule has 1 aromatic rings. The van der Waals surface area contributed by atoms with E-state index in [-0.39, 0.29) is 11.9 Å². The lowest BCUT2D eigenvalue weighted by atomic mass is 9.97. The summed E-state index contributed by atoms with van der Waals surface area (Å²) in [6.45, 7) is 4.24. The van der Waals surface area contributed by atoms with Crippen molar-refractivity contribution in [1.82, 2.24) is 5.32 Å². The van der Waals surface area contributed by atoms with E-state index in [1.54, 1.807) is 12.1 Å². The van der Waals surface area contributed by atoms with Gasteiger partial charge in [-0.1, -0.05) is 25.4 Å². The van der Waals surface area contributed by atoms with Gasteiger partial charge in [0.2, 0.25) is 0 Å². The minimum atomic E-state index is -0.195. The minimum Gasteiger partial charge on any atom is -0.313 e.